The lowest BCUT2D eigenvalue weighted by Gasteiger charge is -2.16. The Morgan fingerprint density at radius 3 is 2.69 bits per heavy atom. The highest BCUT2D eigenvalue weighted by Gasteiger charge is 2.45. The summed E-state index contributed by atoms with van der Waals surface area (Å²) in [7, 11) is -4.62. The van der Waals surface area contributed by atoms with Gasteiger partial charge < -0.3 is 16.0 Å². The average molecular weight is 449 g/mol. The van der Waals surface area contributed by atoms with Gasteiger partial charge in [0.1, 0.15) is 0 Å². The molecule has 3 rings (SSSR count). The molecule has 1 unspecified atom stereocenters. The number of urea groups is 1. The molecule has 0 aromatic heterocycles. The molecule has 3 saturated heterocycles. The number of amides is 5. The molecule has 0 spiro atoms. The molecule has 0 saturated carbocycles. The number of thioether (sulfide) groups is 1. The summed E-state index contributed by atoms with van der Waals surface area (Å²) in [6.45, 7) is -0.113. The second kappa shape index (κ2) is 8.88. The van der Waals surface area contributed by atoms with Crippen LogP contribution in [0.5, 0.6) is 0 Å². The van der Waals surface area contributed by atoms with Gasteiger partial charge in [-0.1, -0.05) is 6.42 Å². The second-order valence-corrected chi connectivity index (χ2v) is 10.2. The van der Waals surface area contributed by atoms with Gasteiger partial charge in [-0.3, -0.25) is 23.8 Å². The number of nitrogens with zero attached hydrogens (tertiary/aromatic N) is 1. The monoisotopic (exact) mass is 448 g/mol. The number of carbonyl (C=O) groups is 4. The molecule has 3 heterocycles. The second-order valence-electron chi connectivity index (χ2n) is 7.31. The molecular formula is C16H24N4O7S2. The molecule has 13 heteroatoms. The highest BCUT2D eigenvalue weighted by atomic mass is 32.2. The number of rotatable bonds is 9. The van der Waals surface area contributed by atoms with Crippen LogP contribution >= 0.6 is 11.8 Å². The third-order valence-electron chi connectivity index (χ3n) is 5.30. The molecule has 162 valence electrons. The Balaban J connectivity index is 1.30. The zero-order valence-electron chi connectivity index (χ0n) is 15.6. The molecule has 5 amide bonds. The first kappa shape index (κ1) is 21.8. The maximum Gasteiger partial charge on any atom is 0.315 e. The molecule has 3 aliphatic heterocycles. The van der Waals surface area contributed by atoms with Crippen molar-refractivity contribution in [3.63, 3.8) is 0 Å². The lowest BCUT2D eigenvalue weighted by molar-refractivity contribution is -0.138. The maximum atomic E-state index is 11.9. The van der Waals surface area contributed by atoms with Crippen LogP contribution in [0.25, 0.3) is 0 Å². The Labute approximate surface area is 172 Å². The summed E-state index contributed by atoms with van der Waals surface area (Å²) in [5.74, 6) is -0.982. The van der Waals surface area contributed by atoms with Crippen LogP contribution in [0.15, 0.2) is 0 Å². The molecule has 0 aliphatic carbocycles. The van der Waals surface area contributed by atoms with Crippen LogP contribution in [0.1, 0.15) is 32.1 Å². The van der Waals surface area contributed by atoms with Crippen LogP contribution in [0.3, 0.4) is 0 Å². The van der Waals surface area contributed by atoms with Crippen LogP contribution in [0.4, 0.5) is 4.79 Å². The molecule has 11 nitrogen and oxygen atoms in total. The molecular weight excluding hydrogens is 424 g/mol. The first-order valence-electron chi connectivity index (χ1n) is 9.42. The number of hydrogen-bond acceptors (Lipinski definition) is 7. The first-order chi connectivity index (χ1) is 13.7. The van der Waals surface area contributed by atoms with Gasteiger partial charge in [-0.2, -0.15) is 20.2 Å². The van der Waals surface area contributed by atoms with E-state index in [-0.39, 0.29) is 37.1 Å². The van der Waals surface area contributed by atoms with Gasteiger partial charge in [-0.05, 0) is 12.8 Å². The molecule has 0 bridgehead atoms. The Hall–Kier alpha value is -1.86. The van der Waals surface area contributed by atoms with Crippen molar-refractivity contribution in [2.45, 2.75) is 54.7 Å². The summed E-state index contributed by atoms with van der Waals surface area (Å²) >= 11 is 1.82. The van der Waals surface area contributed by atoms with Gasteiger partial charge in [0.25, 0.3) is 16.0 Å². The van der Waals surface area contributed by atoms with Gasteiger partial charge in [0.15, 0.2) is 5.25 Å². The number of fused-ring (bicyclic) bond motifs is 1. The quantitative estimate of drug-likeness (QED) is 0.149. The number of nitrogens with one attached hydrogen (secondary N) is 3. The van der Waals surface area contributed by atoms with E-state index >= 15 is 0 Å². The zero-order valence-corrected chi connectivity index (χ0v) is 17.3. The Bertz CT molecular complexity index is 803. The third kappa shape index (κ3) is 5.20. The third-order valence-corrected chi connectivity index (χ3v) is 7.90. The van der Waals surface area contributed by atoms with Gasteiger partial charge in [0, 0.05) is 30.5 Å². The van der Waals surface area contributed by atoms with Crippen LogP contribution < -0.4 is 16.0 Å². The van der Waals surface area contributed by atoms with E-state index in [1.807, 2.05) is 11.8 Å². The summed E-state index contributed by atoms with van der Waals surface area (Å²) in [4.78, 5) is 47.6. The van der Waals surface area contributed by atoms with E-state index in [0.717, 1.165) is 23.5 Å². The van der Waals surface area contributed by atoms with Gasteiger partial charge in [-0.25, -0.2) is 4.79 Å². The topological polar surface area (TPSA) is 162 Å². The zero-order chi connectivity index (χ0) is 21.2. The van der Waals surface area contributed by atoms with Crippen molar-refractivity contribution in [2.24, 2.45) is 0 Å². The van der Waals surface area contributed by atoms with E-state index in [2.05, 4.69) is 16.0 Å². The molecule has 4 N–H and O–H groups in total. The van der Waals surface area contributed by atoms with E-state index in [1.165, 1.54) is 0 Å². The SMILES string of the molecule is O=C(CCCC[C@@H]1SC[C@@H]2NC(=O)N[C@@H]21)NCCN1C(=O)CC(S(=O)(=O)O)C1=O. The van der Waals surface area contributed by atoms with Gasteiger partial charge in [0.2, 0.25) is 11.8 Å². The van der Waals surface area contributed by atoms with Gasteiger partial charge in [0.05, 0.1) is 18.5 Å². The number of unbranched alkanes of at least 4 members (excludes halogenated alkanes) is 1. The lowest BCUT2D eigenvalue weighted by atomic mass is 10.0. The van der Waals surface area contributed by atoms with E-state index in [4.69, 9.17) is 4.55 Å². The van der Waals surface area contributed by atoms with Crippen molar-refractivity contribution in [3.8, 4) is 0 Å². The predicted octanol–water partition coefficient (Wildman–Crippen LogP) is -1.16. The number of likely N-dealkylation sites (tertiary alicyclic amines) is 1. The Morgan fingerprint density at radius 1 is 1.24 bits per heavy atom. The standard InChI is InChI=1S/C16H24N4O7S2/c21-12(4-2-1-3-10-14-9(8-28-10)18-16(24)19-14)17-5-6-20-13(22)7-11(15(20)23)29(25,26)27/h9-11,14H,1-8H2,(H,17,21)(H2,18,19,24)(H,25,26,27)/t9-,10-,11?,14-/m0/s1. The van der Waals surface area contributed by atoms with E-state index < -0.39 is 33.6 Å². The normalized spacial score (nSPS) is 29.0. The number of hydrogen-bond donors (Lipinski definition) is 4. The number of carbonyl (C=O) groups excluding carboxylic acids is 4. The molecule has 3 fully saturated rings. The lowest BCUT2D eigenvalue weighted by Crippen LogP contribution is -2.40. The maximum absolute atomic E-state index is 11.9. The van der Waals surface area contributed by atoms with Crippen molar-refractivity contribution < 1.29 is 32.1 Å². The fourth-order valence-electron chi connectivity index (χ4n) is 3.79. The molecule has 0 aromatic rings. The predicted molar refractivity (Wildman–Crippen MR) is 104 cm³/mol. The van der Waals surface area contributed by atoms with E-state index in [1.54, 1.807) is 0 Å². The minimum Gasteiger partial charge on any atom is -0.354 e. The van der Waals surface area contributed by atoms with Gasteiger partial charge >= 0.3 is 6.03 Å². The van der Waals surface area contributed by atoms with Crippen molar-refractivity contribution in [2.75, 3.05) is 18.8 Å². The van der Waals surface area contributed by atoms with Gasteiger partial charge in [-0.15, -0.1) is 0 Å². The average Bonchev–Trinajstić information content (AvgIpc) is 3.26. The molecule has 3 aliphatic rings. The summed E-state index contributed by atoms with van der Waals surface area (Å²) in [6.07, 6.45) is 2.13. The molecule has 0 aromatic carbocycles. The van der Waals surface area contributed by atoms with Crippen molar-refractivity contribution in [1.29, 1.82) is 0 Å². The highest BCUT2D eigenvalue weighted by Crippen LogP contribution is 2.33. The smallest absolute Gasteiger partial charge is 0.315 e. The summed E-state index contributed by atoms with van der Waals surface area (Å²) in [5, 5.41) is 7.00. The minimum atomic E-state index is -4.62. The van der Waals surface area contributed by atoms with Crippen molar-refractivity contribution >= 4 is 45.6 Å². The Kier molecular flexibility index (Phi) is 6.69. The van der Waals surface area contributed by atoms with E-state index in [0.29, 0.717) is 18.1 Å². The highest BCUT2D eigenvalue weighted by molar-refractivity contribution is 8.00. The minimum absolute atomic E-state index is 0.0223. The summed E-state index contributed by atoms with van der Waals surface area (Å²) < 4.78 is 31.2. The summed E-state index contributed by atoms with van der Waals surface area (Å²) in [6, 6.07) is 0.197. The number of imide groups is 1. The molecule has 0 radical (unpaired) electrons. The van der Waals surface area contributed by atoms with Crippen LogP contribution in [-0.2, 0) is 24.5 Å². The first-order valence-corrected chi connectivity index (χ1v) is 12.0. The Morgan fingerprint density at radius 2 is 2.00 bits per heavy atom. The fourth-order valence-corrected chi connectivity index (χ4v) is 6.07. The van der Waals surface area contributed by atoms with Crippen molar-refractivity contribution in [3.05, 3.63) is 0 Å². The fraction of sp³-hybridized carbons (Fsp3) is 0.750. The van der Waals surface area contributed by atoms with Crippen LogP contribution in [-0.4, -0.2) is 83.0 Å². The molecule has 4 atom stereocenters. The molecule has 29 heavy (non-hydrogen) atoms. The summed E-state index contributed by atoms with van der Waals surface area (Å²) in [5.41, 5.74) is 0. The van der Waals surface area contributed by atoms with Crippen LogP contribution in [0.2, 0.25) is 0 Å². The van der Waals surface area contributed by atoms with Crippen molar-refractivity contribution in [1.82, 2.24) is 20.9 Å². The van der Waals surface area contributed by atoms with E-state index in [9.17, 15) is 27.6 Å². The van der Waals surface area contributed by atoms with Crippen LogP contribution in [0, 0.1) is 0 Å². The largest absolute Gasteiger partial charge is 0.354 e.